The lowest BCUT2D eigenvalue weighted by molar-refractivity contribution is 0.535. The summed E-state index contributed by atoms with van der Waals surface area (Å²) in [7, 11) is 0. The molecule has 0 aromatic carbocycles. The first-order valence-electron chi connectivity index (χ1n) is 4.72. The van der Waals surface area contributed by atoms with Crippen LogP contribution >= 0.6 is 11.9 Å². The van der Waals surface area contributed by atoms with Gasteiger partial charge in [0.25, 0.3) is 0 Å². The van der Waals surface area contributed by atoms with Crippen molar-refractivity contribution in [1.29, 1.82) is 0 Å². The van der Waals surface area contributed by atoms with Crippen LogP contribution in [-0.2, 0) is 0 Å². The van der Waals surface area contributed by atoms with E-state index in [2.05, 4.69) is 25.5 Å². The molecule has 0 fully saturated rings. The molecule has 11 heavy (non-hydrogen) atoms. The summed E-state index contributed by atoms with van der Waals surface area (Å²) in [6, 6.07) is 0.736. The van der Waals surface area contributed by atoms with Gasteiger partial charge in [-0.3, -0.25) is 4.72 Å². The van der Waals surface area contributed by atoms with Gasteiger partial charge >= 0.3 is 0 Å². The summed E-state index contributed by atoms with van der Waals surface area (Å²) in [6.45, 7) is 6.69. The average Bonchev–Trinajstić information content (AvgIpc) is 2.05. The predicted octanol–water partition coefficient (Wildman–Crippen LogP) is 3.21. The van der Waals surface area contributed by atoms with Crippen LogP contribution in [0.5, 0.6) is 0 Å². The third-order valence-corrected chi connectivity index (χ3v) is 2.58. The highest BCUT2D eigenvalue weighted by molar-refractivity contribution is 7.97. The van der Waals surface area contributed by atoms with Crippen molar-refractivity contribution < 1.29 is 0 Å². The van der Waals surface area contributed by atoms with Crippen molar-refractivity contribution in [3.05, 3.63) is 0 Å². The number of unbranched alkanes of at least 4 members (excludes halogenated alkanes) is 1. The fourth-order valence-corrected chi connectivity index (χ4v) is 1.68. The second-order valence-corrected chi connectivity index (χ2v) is 3.90. The van der Waals surface area contributed by atoms with Crippen LogP contribution in [0.1, 0.15) is 46.5 Å². The maximum Gasteiger partial charge on any atom is 0.0169 e. The molecule has 0 rings (SSSR count). The molecular formula is C9H21NS. The van der Waals surface area contributed by atoms with E-state index in [1.165, 1.54) is 31.4 Å². The fraction of sp³-hybridized carbons (Fsp3) is 1.00. The smallest absolute Gasteiger partial charge is 0.0169 e. The van der Waals surface area contributed by atoms with E-state index in [-0.39, 0.29) is 0 Å². The number of nitrogens with one attached hydrogen (secondary N) is 1. The van der Waals surface area contributed by atoms with Crippen molar-refractivity contribution in [3.63, 3.8) is 0 Å². The normalized spacial score (nSPS) is 13.4. The molecule has 1 N–H and O–H groups in total. The van der Waals surface area contributed by atoms with Crippen molar-refractivity contribution in [1.82, 2.24) is 4.72 Å². The van der Waals surface area contributed by atoms with Crippen LogP contribution in [0.15, 0.2) is 0 Å². The van der Waals surface area contributed by atoms with Crippen molar-refractivity contribution in [2.24, 2.45) is 0 Å². The van der Waals surface area contributed by atoms with E-state index in [4.69, 9.17) is 0 Å². The third kappa shape index (κ3) is 6.70. The minimum absolute atomic E-state index is 0.736. The van der Waals surface area contributed by atoms with Gasteiger partial charge in [-0.1, -0.05) is 45.6 Å². The van der Waals surface area contributed by atoms with Crippen molar-refractivity contribution in [2.75, 3.05) is 5.75 Å². The molecule has 0 aliphatic carbocycles. The molecule has 0 aromatic heterocycles. The van der Waals surface area contributed by atoms with Crippen molar-refractivity contribution in [2.45, 2.75) is 52.5 Å². The summed E-state index contributed by atoms with van der Waals surface area (Å²) >= 11 is 1.84. The van der Waals surface area contributed by atoms with Gasteiger partial charge in [0, 0.05) is 11.8 Å². The molecule has 68 valence electrons. The van der Waals surface area contributed by atoms with Gasteiger partial charge in [0.15, 0.2) is 0 Å². The summed E-state index contributed by atoms with van der Waals surface area (Å²) in [5.41, 5.74) is 0. The predicted molar refractivity (Wildman–Crippen MR) is 54.9 cm³/mol. The van der Waals surface area contributed by atoms with Gasteiger partial charge in [0.05, 0.1) is 0 Å². The number of hydrogen-bond donors (Lipinski definition) is 1. The van der Waals surface area contributed by atoms with E-state index >= 15 is 0 Å². The molecule has 0 aliphatic rings. The Kier molecular flexibility index (Phi) is 8.64. The standard InChI is InChI=1S/C9H21NS/c1-4-7-8-9(5-2)10-11-6-3/h9-10H,4-8H2,1-3H3. The van der Waals surface area contributed by atoms with Crippen molar-refractivity contribution >= 4 is 11.9 Å². The highest BCUT2D eigenvalue weighted by Crippen LogP contribution is 2.07. The molecule has 0 bridgehead atoms. The molecular weight excluding hydrogens is 154 g/mol. The minimum atomic E-state index is 0.736. The van der Waals surface area contributed by atoms with E-state index in [0.29, 0.717) is 0 Å². The van der Waals surface area contributed by atoms with Crippen LogP contribution in [-0.4, -0.2) is 11.8 Å². The van der Waals surface area contributed by atoms with Gasteiger partial charge in [-0.25, -0.2) is 0 Å². The van der Waals surface area contributed by atoms with Crippen LogP contribution in [0, 0.1) is 0 Å². The summed E-state index contributed by atoms with van der Waals surface area (Å²) in [5, 5.41) is 0. The average molecular weight is 175 g/mol. The maximum absolute atomic E-state index is 3.47. The van der Waals surface area contributed by atoms with Crippen LogP contribution in [0.2, 0.25) is 0 Å². The Morgan fingerprint density at radius 3 is 2.45 bits per heavy atom. The molecule has 1 nitrogen and oxygen atoms in total. The lowest BCUT2D eigenvalue weighted by Crippen LogP contribution is -2.21. The van der Waals surface area contributed by atoms with Crippen LogP contribution in [0.25, 0.3) is 0 Å². The molecule has 1 unspecified atom stereocenters. The van der Waals surface area contributed by atoms with E-state index in [1.54, 1.807) is 0 Å². The molecule has 0 saturated carbocycles. The monoisotopic (exact) mass is 175 g/mol. The zero-order valence-electron chi connectivity index (χ0n) is 8.02. The Bertz CT molecular complexity index is 68.0. The van der Waals surface area contributed by atoms with Gasteiger partial charge < -0.3 is 0 Å². The lowest BCUT2D eigenvalue weighted by Gasteiger charge is -2.14. The first-order valence-corrected chi connectivity index (χ1v) is 5.70. The van der Waals surface area contributed by atoms with Crippen molar-refractivity contribution in [3.8, 4) is 0 Å². The summed E-state index contributed by atoms with van der Waals surface area (Å²) in [5.74, 6) is 1.17. The Hall–Kier alpha value is 0.310. The Morgan fingerprint density at radius 1 is 1.27 bits per heavy atom. The molecule has 1 atom stereocenters. The quantitative estimate of drug-likeness (QED) is 0.596. The zero-order chi connectivity index (χ0) is 8.53. The summed E-state index contributed by atoms with van der Waals surface area (Å²) in [4.78, 5) is 0. The second kappa shape index (κ2) is 8.41. The van der Waals surface area contributed by atoms with Gasteiger partial charge in [0.1, 0.15) is 0 Å². The third-order valence-electron chi connectivity index (χ3n) is 1.79. The first kappa shape index (κ1) is 11.3. The minimum Gasteiger partial charge on any atom is -0.261 e. The van der Waals surface area contributed by atoms with Crippen LogP contribution in [0.3, 0.4) is 0 Å². The lowest BCUT2D eigenvalue weighted by atomic mass is 10.1. The Labute approximate surface area is 75.5 Å². The van der Waals surface area contributed by atoms with E-state index in [9.17, 15) is 0 Å². The zero-order valence-corrected chi connectivity index (χ0v) is 8.84. The molecule has 0 radical (unpaired) electrons. The SMILES string of the molecule is CCCCC(CC)NSCC. The van der Waals surface area contributed by atoms with Gasteiger partial charge in [-0.05, 0) is 12.8 Å². The second-order valence-electron chi connectivity index (χ2n) is 2.80. The van der Waals surface area contributed by atoms with E-state index < -0.39 is 0 Å². The molecule has 0 saturated heterocycles. The van der Waals surface area contributed by atoms with Crippen LogP contribution in [0.4, 0.5) is 0 Å². The molecule has 0 spiro atoms. The van der Waals surface area contributed by atoms with E-state index in [0.717, 1.165) is 6.04 Å². The maximum atomic E-state index is 3.47. The topological polar surface area (TPSA) is 12.0 Å². The van der Waals surface area contributed by atoms with Gasteiger partial charge in [-0.15, -0.1) is 0 Å². The summed E-state index contributed by atoms with van der Waals surface area (Å²) in [6.07, 6.45) is 5.26. The number of rotatable bonds is 7. The van der Waals surface area contributed by atoms with Gasteiger partial charge in [0.2, 0.25) is 0 Å². The highest BCUT2D eigenvalue weighted by Gasteiger charge is 2.02. The number of hydrogen-bond acceptors (Lipinski definition) is 2. The van der Waals surface area contributed by atoms with Crippen LogP contribution < -0.4 is 4.72 Å². The highest BCUT2D eigenvalue weighted by atomic mass is 32.2. The fourth-order valence-electron chi connectivity index (χ4n) is 0.998. The van der Waals surface area contributed by atoms with E-state index in [1.807, 2.05) is 11.9 Å². The largest absolute Gasteiger partial charge is 0.261 e. The molecule has 0 aliphatic heterocycles. The molecule has 0 aromatic rings. The first-order chi connectivity index (χ1) is 5.35. The Morgan fingerprint density at radius 2 is 2.00 bits per heavy atom. The Balaban J connectivity index is 3.25. The molecule has 2 heteroatoms. The molecule has 0 heterocycles. The summed E-state index contributed by atoms with van der Waals surface area (Å²) < 4.78 is 3.47. The molecule has 0 amide bonds. The van der Waals surface area contributed by atoms with Gasteiger partial charge in [-0.2, -0.15) is 0 Å².